The molecule has 0 saturated heterocycles. The summed E-state index contributed by atoms with van der Waals surface area (Å²) < 4.78 is 2.22. The van der Waals surface area contributed by atoms with Crippen molar-refractivity contribution in [2.24, 2.45) is 0 Å². The van der Waals surface area contributed by atoms with Gasteiger partial charge in [0, 0.05) is 21.9 Å². The van der Waals surface area contributed by atoms with Crippen molar-refractivity contribution >= 4 is 54.1 Å². The molecule has 0 fully saturated rings. The summed E-state index contributed by atoms with van der Waals surface area (Å²) in [6.07, 6.45) is 0. The molecule has 0 unspecified atom stereocenters. The van der Waals surface area contributed by atoms with Gasteiger partial charge in [-0.1, -0.05) is 158 Å². The smallest absolute Gasteiger partial charge is 0.238 e. The molecule has 10 aromatic rings. The Kier molecular flexibility index (Phi) is 6.15. The van der Waals surface area contributed by atoms with Gasteiger partial charge in [0.05, 0.1) is 11.0 Å². The van der Waals surface area contributed by atoms with E-state index in [2.05, 4.69) is 174 Å². The number of benzene rings is 8. The molecule has 0 N–H and O–H groups in total. The van der Waals surface area contributed by atoms with Gasteiger partial charge in [-0.3, -0.25) is 4.57 Å². The van der Waals surface area contributed by atoms with E-state index in [0.717, 1.165) is 49.1 Å². The van der Waals surface area contributed by atoms with Gasteiger partial charge < -0.3 is 0 Å². The first-order valence-electron chi connectivity index (χ1n) is 16.5. The topological polar surface area (TPSA) is 43.6 Å². The second kappa shape index (κ2) is 11.0. The fourth-order valence-corrected chi connectivity index (χ4v) is 7.46. The van der Waals surface area contributed by atoms with Crippen molar-refractivity contribution in [3.63, 3.8) is 0 Å². The Labute approximate surface area is 282 Å². The van der Waals surface area contributed by atoms with Crippen LogP contribution in [0.25, 0.3) is 94.0 Å². The maximum Gasteiger partial charge on any atom is 0.238 e. The zero-order chi connectivity index (χ0) is 32.3. The summed E-state index contributed by atoms with van der Waals surface area (Å²) in [5.41, 5.74) is 6.44. The molecule has 0 aliphatic rings. The number of nitrogens with zero attached hydrogens (tertiary/aromatic N) is 4. The van der Waals surface area contributed by atoms with Crippen molar-refractivity contribution in [2.75, 3.05) is 0 Å². The van der Waals surface area contributed by atoms with Crippen molar-refractivity contribution in [2.45, 2.75) is 0 Å². The second-order valence-corrected chi connectivity index (χ2v) is 12.4. The Morgan fingerprint density at radius 2 is 0.857 bits per heavy atom. The summed E-state index contributed by atoms with van der Waals surface area (Å²) in [7, 11) is 0. The zero-order valence-electron chi connectivity index (χ0n) is 26.5. The molecule has 0 saturated carbocycles. The van der Waals surface area contributed by atoms with Crippen LogP contribution in [0.1, 0.15) is 0 Å². The van der Waals surface area contributed by atoms with Gasteiger partial charge in [0.1, 0.15) is 0 Å². The van der Waals surface area contributed by atoms with E-state index in [9.17, 15) is 0 Å². The van der Waals surface area contributed by atoms with Gasteiger partial charge in [0.25, 0.3) is 0 Å². The van der Waals surface area contributed by atoms with Gasteiger partial charge in [0.2, 0.25) is 5.95 Å². The van der Waals surface area contributed by atoms with Crippen LogP contribution in [-0.2, 0) is 0 Å². The number of hydrogen-bond donors (Lipinski definition) is 0. The number of rotatable bonds is 4. The molecule has 8 aromatic carbocycles. The second-order valence-electron chi connectivity index (χ2n) is 12.4. The molecule has 49 heavy (non-hydrogen) atoms. The molecule has 0 amide bonds. The summed E-state index contributed by atoms with van der Waals surface area (Å²) in [6.45, 7) is 0. The van der Waals surface area contributed by atoms with E-state index in [1.807, 2.05) is 0 Å². The van der Waals surface area contributed by atoms with E-state index in [4.69, 9.17) is 15.0 Å². The highest BCUT2D eigenvalue weighted by molar-refractivity contribution is 6.24. The highest BCUT2D eigenvalue weighted by atomic mass is 15.2. The third kappa shape index (κ3) is 4.35. The normalized spacial score (nSPS) is 11.7. The van der Waals surface area contributed by atoms with Crippen LogP contribution in [0.2, 0.25) is 0 Å². The Morgan fingerprint density at radius 3 is 1.53 bits per heavy atom. The monoisotopic (exact) mass is 624 g/mol. The standard InChI is InChI=1S/C45H28N4/c1-2-13-31(14-3-1)35-23-12-19-32-27-28-40-42(41(32)35)38-22-8-9-26-39(38)49(40)45-47-43(36-24-10-17-29-15-4-6-20-33(29)36)46-44(48-45)37-25-11-18-30-16-5-7-21-34(30)37/h1-28H. The number of aromatic nitrogens is 4. The average Bonchev–Trinajstić information content (AvgIpc) is 3.52. The van der Waals surface area contributed by atoms with Crippen LogP contribution in [0, 0.1) is 0 Å². The molecule has 4 heteroatoms. The van der Waals surface area contributed by atoms with Gasteiger partial charge in [0.15, 0.2) is 11.6 Å². The van der Waals surface area contributed by atoms with Gasteiger partial charge in [-0.2, -0.15) is 9.97 Å². The van der Waals surface area contributed by atoms with Gasteiger partial charge in [-0.15, -0.1) is 0 Å². The van der Waals surface area contributed by atoms with E-state index in [1.54, 1.807) is 0 Å². The molecule has 0 radical (unpaired) electrons. The lowest BCUT2D eigenvalue weighted by Crippen LogP contribution is -2.06. The van der Waals surface area contributed by atoms with E-state index in [1.165, 1.54) is 27.3 Å². The minimum absolute atomic E-state index is 0.587. The maximum absolute atomic E-state index is 5.30. The van der Waals surface area contributed by atoms with Crippen molar-refractivity contribution in [1.29, 1.82) is 0 Å². The predicted molar refractivity (Wildman–Crippen MR) is 203 cm³/mol. The molecule has 0 atom stereocenters. The van der Waals surface area contributed by atoms with E-state index in [0.29, 0.717) is 17.6 Å². The van der Waals surface area contributed by atoms with Crippen molar-refractivity contribution in [3.8, 4) is 39.9 Å². The number of hydrogen-bond acceptors (Lipinski definition) is 3. The van der Waals surface area contributed by atoms with Gasteiger partial charge >= 0.3 is 0 Å². The molecule has 0 aliphatic carbocycles. The van der Waals surface area contributed by atoms with E-state index < -0.39 is 0 Å². The molecular formula is C45H28N4. The Balaban J connectivity index is 1.33. The summed E-state index contributed by atoms with van der Waals surface area (Å²) in [6, 6.07) is 59.7. The van der Waals surface area contributed by atoms with Crippen LogP contribution in [-0.4, -0.2) is 19.5 Å². The summed E-state index contributed by atoms with van der Waals surface area (Å²) >= 11 is 0. The molecule has 0 bridgehead atoms. The van der Waals surface area contributed by atoms with Gasteiger partial charge in [-0.25, -0.2) is 4.98 Å². The lowest BCUT2D eigenvalue weighted by atomic mass is 9.94. The van der Waals surface area contributed by atoms with Crippen molar-refractivity contribution in [3.05, 3.63) is 170 Å². The van der Waals surface area contributed by atoms with Crippen molar-refractivity contribution < 1.29 is 0 Å². The zero-order valence-corrected chi connectivity index (χ0v) is 26.5. The number of fused-ring (bicyclic) bond motifs is 7. The van der Waals surface area contributed by atoms with E-state index in [-0.39, 0.29) is 0 Å². The molecule has 228 valence electrons. The third-order valence-electron chi connectivity index (χ3n) is 9.65. The van der Waals surface area contributed by atoms with Crippen molar-refractivity contribution in [1.82, 2.24) is 19.5 Å². The van der Waals surface area contributed by atoms with Crippen LogP contribution in [0.15, 0.2) is 170 Å². The Bertz CT molecular complexity index is 2780. The minimum Gasteiger partial charge on any atom is -0.278 e. The number of para-hydroxylation sites is 1. The highest BCUT2D eigenvalue weighted by Crippen LogP contribution is 2.41. The fraction of sp³-hybridized carbons (Fsp3) is 0. The summed E-state index contributed by atoms with van der Waals surface area (Å²) in [5, 5.41) is 9.25. The SMILES string of the molecule is c1ccc(-c2cccc3ccc4c(c5ccccc5n4-c4nc(-c5cccc6ccccc56)nc(-c5cccc6ccccc56)n4)c23)cc1. The van der Waals surface area contributed by atoms with Gasteiger partial charge in [-0.05, 0) is 55.6 Å². The van der Waals surface area contributed by atoms with Crippen LogP contribution in [0.5, 0.6) is 0 Å². The quantitative estimate of drug-likeness (QED) is 0.196. The lowest BCUT2D eigenvalue weighted by molar-refractivity contribution is 0.955. The van der Waals surface area contributed by atoms with Crippen LogP contribution >= 0.6 is 0 Å². The first kappa shape index (κ1) is 27.5. The summed E-state index contributed by atoms with van der Waals surface area (Å²) in [4.78, 5) is 15.8. The van der Waals surface area contributed by atoms with Crippen LogP contribution in [0.3, 0.4) is 0 Å². The molecular weight excluding hydrogens is 597 g/mol. The largest absolute Gasteiger partial charge is 0.278 e. The molecule has 0 spiro atoms. The maximum atomic E-state index is 5.30. The molecule has 2 heterocycles. The minimum atomic E-state index is 0.587. The predicted octanol–water partition coefficient (Wildman–Crippen LogP) is 11.4. The van der Waals surface area contributed by atoms with E-state index >= 15 is 0 Å². The first-order valence-corrected chi connectivity index (χ1v) is 16.5. The third-order valence-corrected chi connectivity index (χ3v) is 9.65. The Morgan fingerprint density at radius 1 is 0.327 bits per heavy atom. The van der Waals surface area contributed by atoms with Crippen LogP contribution < -0.4 is 0 Å². The lowest BCUT2D eigenvalue weighted by Gasteiger charge is -2.13. The Hall–Kier alpha value is -6.65. The molecule has 10 rings (SSSR count). The summed E-state index contributed by atoms with van der Waals surface area (Å²) in [5.74, 6) is 1.87. The average molecular weight is 625 g/mol. The van der Waals surface area contributed by atoms with Crippen LogP contribution in [0.4, 0.5) is 0 Å². The fourth-order valence-electron chi connectivity index (χ4n) is 7.46. The molecule has 2 aromatic heterocycles. The molecule has 0 aliphatic heterocycles. The first-order chi connectivity index (χ1) is 24.3. The highest BCUT2D eigenvalue weighted by Gasteiger charge is 2.21. The molecule has 4 nitrogen and oxygen atoms in total.